The van der Waals surface area contributed by atoms with Gasteiger partial charge >= 0.3 is 0 Å². The Labute approximate surface area is 104 Å². The Hall–Kier alpha value is -0.870. The molecule has 2 N–H and O–H groups in total. The lowest BCUT2D eigenvalue weighted by Gasteiger charge is -2.24. The van der Waals surface area contributed by atoms with Crippen molar-refractivity contribution in [1.82, 2.24) is 5.48 Å². The van der Waals surface area contributed by atoms with Gasteiger partial charge in [0.25, 0.3) is 5.91 Å². The highest BCUT2D eigenvalue weighted by atomic mass is 16.5. The summed E-state index contributed by atoms with van der Waals surface area (Å²) in [5, 5.41) is 8.35. The summed E-state index contributed by atoms with van der Waals surface area (Å²) >= 11 is 0. The van der Waals surface area contributed by atoms with Crippen LogP contribution in [0.5, 0.6) is 0 Å². The summed E-state index contributed by atoms with van der Waals surface area (Å²) in [5.74, 6) is -0.514. The van der Waals surface area contributed by atoms with E-state index < -0.39 is 5.91 Å². The van der Waals surface area contributed by atoms with E-state index in [1.165, 1.54) is 5.57 Å². The second kappa shape index (κ2) is 8.25. The van der Waals surface area contributed by atoms with E-state index in [-0.39, 0.29) is 12.2 Å². The fourth-order valence-corrected chi connectivity index (χ4v) is 1.61. The summed E-state index contributed by atoms with van der Waals surface area (Å²) in [6.45, 7) is 8.07. The van der Waals surface area contributed by atoms with Gasteiger partial charge in [-0.15, -0.1) is 0 Å². The number of nitrogens with one attached hydrogen (secondary N) is 1. The number of hydrogen-bond donors (Lipinski definition) is 2. The monoisotopic (exact) mass is 243 g/mol. The Bertz CT molecular complexity index is 259. The van der Waals surface area contributed by atoms with Crippen LogP contribution in [-0.4, -0.2) is 23.3 Å². The second-order valence-electron chi connectivity index (χ2n) is 4.90. The topological polar surface area (TPSA) is 58.6 Å². The lowest BCUT2D eigenvalue weighted by Crippen LogP contribution is -2.32. The number of ether oxygens (including phenoxy) is 1. The van der Waals surface area contributed by atoms with Crippen molar-refractivity contribution in [2.24, 2.45) is 0 Å². The molecule has 0 fully saturated rings. The van der Waals surface area contributed by atoms with Crippen LogP contribution in [0.4, 0.5) is 0 Å². The molecule has 100 valence electrons. The van der Waals surface area contributed by atoms with Gasteiger partial charge in [0.15, 0.2) is 0 Å². The summed E-state index contributed by atoms with van der Waals surface area (Å²) in [6.07, 6.45) is 6.29. The zero-order chi connectivity index (χ0) is 13.3. The predicted molar refractivity (Wildman–Crippen MR) is 67.9 cm³/mol. The summed E-state index contributed by atoms with van der Waals surface area (Å²) in [7, 11) is 0. The minimum atomic E-state index is -0.514. The molecule has 4 nitrogen and oxygen atoms in total. The minimum Gasteiger partial charge on any atom is -0.366 e. The van der Waals surface area contributed by atoms with Crippen LogP contribution >= 0.6 is 0 Å². The summed E-state index contributed by atoms with van der Waals surface area (Å²) in [5.41, 5.74) is 2.62. The molecule has 0 aromatic rings. The van der Waals surface area contributed by atoms with Crippen molar-refractivity contribution < 1.29 is 14.7 Å². The molecule has 0 saturated carbocycles. The largest absolute Gasteiger partial charge is 0.366 e. The summed E-state index contributed by atoms with van der Waals surface area (Å²) in [4.78, 5) is 10.8. The van der Waals surface area contributed by atoms with Gasteiger partial charge in [0, 0.05) is 0 Å². The average molecular weight is 243 g/mol. The zero-order valence-electron chi connectivity index (χ0n) is 11.4. The highest BCUT2D eigenvalue weighted by Gasteiger charge is 2.19. The third-order valence-corrected chi connectivity index (χ3v) is 2.62. The third kappa shape index (κ3) is 8.89. The third-order valence-electron chi connectivity index (χ3n) is 2.62. The van der Waals surface area contributed by atoms with E-state index in [0.29, 0.717) is 0 Å². The molecule has 0 aromatic carbocycles. The average Bonchev–Trinajstić information content (AvgIpc) is 2.26. The lowest BCUT2D eigenvalue weighted by molar-refractivity contribution is -0.140. The lowest BCUT2D eigenvalue weighted by atomic mass is 9.99. The molecule has 0 heterocycles. The number of carbonyl (C=O) groups excluding carboxylic acids is 1. The first kappa shape index (κ1) is 16.1. The van der Waals surface area contributed by atoms with Gasteiger partial charge in [-0.05, 0) is 46.5 Å². The van der Waals surface area contributed by atoms with Crippen molar-refractivity contribution in [2.45, 2.75) is 59.0 Å². The fraction of sp³-hybridized carbons (Fsp3) is 0.769. The van der Waals surface area contributed by atoms with E-state index in [1.54, 1.807) is 5.48 Å². The van der Waals surface area contributed by atoms with Crippen molar-refractivity contribution in [3.8, 4) is 0 Å². The minimum absolute atomic E-state index is 0.104. The normalized spacial score (nSPS) is 12.6. The van der Waals surface area contributed by atoms with E-state index in [4.69, 9.17) is 9.94 Å². The molecule has 0 radical (unpaired) electrons. The number of hydroxylamine groups is 1. The molecule has 0 aliphatic rings. The Balaban J connectivity index is 3.85. The quantitative estimate of drug-likeness (QED) is 0.391. The van der Waals surface area contributed by atoms with Crippen LogP contribution in [0, 0.1) is 0 Å². The number of rotatable bonds is 8. The first-order valence-electron chi connectivity index (χ1n) is 6.14. The maximum absolute atomic E-state index is 10.8. The van der Waals surface area contributed by atoms with Crippen LogP contribution in [0.25, 0.3) is 0 Å². The van der Waals surface area contributed by atoms with Gasteiger partial charge in [-0.3, -0.25) is 10.0 Å². The van der Waals surface area contributed by atoms with Crippen molar-refractivity contribution in [3.63, 3.8) is 0 Å². The van der Waals surface area contributed by atoms with E-state index in [9.17, 15) is 4.79 Å². The summed E-state index contributed by atoms with van der Waals surface area (Å²) in [6, 6.07) is 0. The highest BCUT2D eigenvalue weighted by Crippen LogP contribution is 2.19. The molecule has 4 heteroatoms. The Morgan fingerprint density at radius 3 is 2.65 bits per heavy atom. The second-order valence-corrected chi connectivity index (χ2v) is 4.90. The van der Waals surface area contributed by atoms with E-state index in [2.05, 4.69) is 19.9 Å². The first-order chi connectivity index (χ1) is 7.91. The van der Waals surface area contributed by atoms with Crippen molar-refractivity contribution in [2.75, 3.05) is 6.61 Å². The molecule has 17 heavy (non-hydrogen) atoms. The molecular weight excluding hydrogens is 218 g/mol. The molecule has 0 rings (SSSR count). The van der Waals surface area contributed by atoms with Crippen LogP contribution < -0.4 is 5.48 Å². The van der Waals surface area contributed by atoms with Crippen LogP contribution in [0.1, 0.15) is 53.4 Å². The molecule has 0 aliphatic carbocycles. The Kier molecular flexibility index (Phi) is 7.83. The smallest absolute Gasteiger partial charge is 0.269 e. The van der Waals surface area contributed by atoms with Gasteiger partial charge in [0.2, 0.25) is 0 Å². The molecule has 0 aromatic heterocycles. The van der Waals surface area contributed by atoms with Crippen molar-refractivity contribution >= 4 is 5.91 Å². The molecule has 0 aliphatic heterocycles. The maximum Gasteiger partial charge on any atom is 0.269 e. The summed E-state index contributed by atoms with van der Waals surface area (Å²) < 4.78 is 5.43. The Morgan fingerprint density at radius 1 is 1.47 bits per heavy atom. The SMILES string of the molecule is CC/C=C(\C)CCCC(C)(C)OCC(=O)NO. The van der Waals surface area contributed by atoms with Crippen LogP contribution in [0.3, 0.4) is 0 Å². The van der Waals surface area contributed by atoms with Gasteiger partial charge in [0.05, 0.1) is 5.60 Å². The van der Waals surface area contributed by atoms with Gasteiger partial charge in [-0.25, -0.2) is 5.48 Å². The highest BCUT2D eigenvalue weighted by molar-refractivity contribution is 5.75. The van der Waals surface area contributed by atoms with Crippen molar-refractivity contribution in [1.29, 1.82) is 0 Å². The van der Waals surface area contributed by atoms with E-state index >= 15 is 0 Å². The molecular formula is C13H25NO3. The molecule has 0 unspecified atom stereocenters. The molecule has 0 atom stereocenters. The molecule has 0 bridgehead atoms. The van der Waals surface area contributed by atoms with Gasteiger partial charge in [0.1, 0.15) is 6.61 Å². The predicted octanol–water partition coefficient (Wildman–Crippen LogP) is 2.81. The van der Waals surface area contributed by atoms with Crippen LogP contribution in [0.2, 0.25) is 0 Å². The van der Waals surface area contributed by atoms with Crippen LogP contribution in [-0.2, 0) is 9.53 Å². The number of hydrogen-bond acceptors (Lipinski definition) is 3. The number of carbonyl (C=O) groups is 1. The number of amides is 1. The number of allylic oxidation sites excluding steroid dienone is 2. The van der Waals surface area contributed by atoms with Crippen LogP contribution in [0.15, 0.2) is 11.6 Å². The van der Waals surface area contributed by atoms with Crippen molar-refractivity contribution in [3.05, 3.63) is 11.6 Å². The molecule has 0 saturated heterocycles. The maximum atomic E-state index is 10.8. The Morgan fingerprint density at radius 2 is 2.12 bits per heavy atom. The van der Waals surface area contributed by atoms with Gasteiger partial charge < -0.3 is 4.74 Å². The standard InChI is InChI=1S/C13H25NO3/c1-5-7-11(2)8-6-9-13(3,4)17-10-12(15)14-16/h7,16H,5-6,8-10H2,1-4H3,(H,14,15)/b11-7+. The van der Waals surface area contributed by atoms with Gasteiger partial charge in [-0.2, -0.15) is 0 Å². The molecule has 1 amide bonds. The van der Waals surface area contributed by atoms with Gasteiger partial charge in [-0.1, -0.05) is 18.6 Å². The van der Waals surface area contributed by atoms with E-state index in [0.717, 1.165) is 25.7 Å². The molecule has 0 spiro atoms. The fourth-order valence-electron chi connectivity index (χ4n) is 1.61. The zero-order valence-corrected chi connectivity index (χ0v) is 11.4. The van der Waals surface area contributed by atoms with E-state index in [1.807, 2.05) is 13.8 Å². The first-order valence-corrected chi connectivity index (χ1v) is 6.14.